The van der Waals surface area contributed by atoms with Gasteiger partial charge in [-0.25, -0.2) is 9.37 Å². The lowest BCUT2D eigenvalue weighted by atomic mass is 9.99. The van der Waals surface area contributed by atoms with Crippen molar-refractivity contribution in [2.45, 2.75) is 26.2 Å². The molecule has 2 N–H and O–H groups in total. The number of halogens is 1. The van der Waals surface area contributed by atoms with Crippen LogP contribution in [0.5, 0.6) is 0 Å². The Morgan fingerprint density at radius 2 is 2.11 bits per heavy atom. The zero-order valence-electron chi connectivity index (χ0n) is 15.2. The quantitative estimate of drug-likeness (QED) is 0.691. The van der Waals surface area contributed by atoms with Crippen LogP contribution in [-0.4, -0.2) is 16.8 Å². The average molecular weight is 395 g/mol. The molecule has 2 aromatic carbocycles. The Balaban J connectivity index is 1.51. The SMILES string of the molecule is Cc1ccccc1NC(=O)Cc1nc(-c2cc3c(cc2F)NC(=O)CC3)cs1. The van der Waals surface area contributed by atoms with Gasteiger partial charge in [0.05, 0.1) is 12.1 Å². The van der Waals surface area contributed by atoms with Crippen LogP contribution >= 0.6 is 11.3 Å². The summed E-state index contributed by atoms with van der Waals surface area (Å²) in [7, 11) is 0. The highest BCUT2D eigenvalue weighted by Crippen LogP contribution is 2.32. The standard InChI is InChI=1S/C21H18FN3O2S/c1-12-4-2-3-5-16(12)23-20(27)10-21-25-18(11-28-21)14-8-13-6-7-19(26)24-17(13)9-15(14)22/h2-5,8-9,11H,6-7,10H2,1H3,(H,23,27)(H,24,26). The van der Waals surface area contributed by atoms with Gasteiger partial charge in [0.1, 0.15) is 10.8 Å². The van der Waals surface area contributed by atoms with Crippen LogP contribution in [0.25, 0.3) is 11.3 Å². The summed E-state index contributed by atoms with van der Waals surface area (Å²) in [6.45, 7) is 1.93. The number of anilines is 2. The number of thiazole rings is 1. The number of hydrogen-bond donors (Lipinski definition) is 2. The fourth-order valence-electron chi connectivity index (χ4n) is 3.16. The molecule has 0 unspecified atom stereocenters. The number of nitrogens with zero attached hydrogens (tertiary/aromatic N) is 1. The maximum Gasteiger partial charge on any atom is 0.231 e. The van der Waals surface area contributed by atoms with E-state index in [1.807, 2.05) is 31.2 Å². The molecule has 0 spiro atoms. The van der Waals surface area contributed by atoms with Gasteiger partial charge in [0.25, 0.3) is 0 Å². The molecule has 7 heteroatoms. The summed E-state index contributed by atoms with van der Waals surface area (Å²) < 4.78 is 14.5. The minimum absolute atomic E-state index is 0.102. The maximum atomic E-state index is 14.5. The lowest BCUT2D eigenvalue weighted by Crippen LogP contribution is -2.19. The number of carbonyl (C=O) groups is 2. The number of benzene rings is 2. The molecule has 142 valence electrons. The van der Waals surface area contributed by atoms with Crippen molar-refractivity contribution in [1.29, 1.82) is 0 Å². The van der Waals surface area contributed by atoms with Gasteiger partial charge in [-0.3, -0.25) is 9.59 Å². The molecule has 0 bridgehead atoms. The second kappa shape index (κ2) is 7.52. The first-order chi connectivity index (χ1) is 13.5. The Kier molecular flexibility index (Phi) is 4.92. The number of aryl methyl sites for hydroxylation is 2. The Morgan fingerprint density at radius 3 is 2.93 bits per heavy atom. The number of hydrogen-bond acceptors (Lipinski definition) is 4. The van der Waals surface area contributed by atoms with E-state index in [9.17, 15) is 14.0 Å². The van der Waals surface area contributed by atoms with Gasteiger partial charge in [0.15, 0.2) is 0 Å². The molecular formula is C21H18FN3O2S. The molecular weight excluding hydrogens is 377 g/mol. The summed E-state index contributed by atoms with van der Waals surface area (Å²) in [4.78, 5) is 28.2. The Morgan fingerprint density at radius 1 is 1.29 bits per heavy atom. The second-order valence-corrected chi connectivity index (χ2v) is 7.65. The van der Waals surface area contributed by atoms with Crippen molar-refractivity contribution < 1.29 is 14.0 Å². The molecule has 1 aliphatic rings. The first-order valence-electron chi connectivity index (χ1n) is 8.92. The molecule has 3 aromatic rings. The Labute approximate surface area is 165 Å². The number of rotatable bonds is 4. The molecule has 0 aliphatic carbocycles. The maximum absolute atomic E-state index is 14.5. The topological polar surface area (TPSA) is 71.1 Å². The molecule has 2 amide bonds. The monoisotopic (exact) mass is 395 g/mol. The van der Waals surface area contributed by atoms with Crippen LogP contribution in [0, 0.1) is 12.7 Å². The van der Waals surface area contributed by atoms with Crippen molar-refractivity contribution in [3.05, 3.63) is 63.7 Å². The number of fused-ring (bicyclic) bond motifs is 1. The van der Waals surface area contributed by atoms with Gasteiger partial charge in [0.2, 0.25) is 11.8 Å². The van der Waals surface area contributed by atoms with Gasteiger partial charge in [0, 0.05) is 28.7 Å². The van der Waals surface area contributed by atoms with Crippen molar-refractivity contribution in [1.82, 2.24) is 4.98 Å². The van der Waals surface area contributed by atoms with E-state index < -0.39 is 5.82 Å². The van der Waals surface area contributed by atoms with Crippen LogP contribution in [0.2, 0.25) is 0 Å². The van der Waals surface area contributed by atoms with Crippen LogP contribution < -0.4 is 10.6 Å². The molecule has 2 heterocycles. The Bertz CT molecular complexity index is 1080. The van der Waals surface area contributed by atoms with Crippen molar-refractivity contribution in [3.63, 3.8) is 0 Å². The van der Waals surface area contributed by atoms with E-state index in [0.29, 0.717) is 34.8 Å². The predicted molar refractivity (Wildman–Crippen MR) is 108 cm³/mol. The minimum Gasteiger partial charge on any atom is -0.326 e. The summed E-state index contributed by atoms with van der Waals surface area (Å²) in [6.07, 6.45) is 1.09. The van der Waals surface area contributed by atoms with E-state index in [2.05, 4.69) is 15.6 Å². The predicted octanol–water partition coefficient (Wildman–Crippen LogP) is 4.32. The Hall–Kier alpha value is -3.06. The number of para-hydroxylation sites is 1. The lowest BCUT2D eigenvalue weighted by Gasteiger charge is -2.17. The largest absolute Gasteiger partial charge is 0.326 e. The van der Waals surface area contributed by atoms with Crippen molar-refractivity contribution in [3.8, 4) is 11.3 Å². The van der Waals surface area contributed by atoms with Crippen LogP contribution in [0.4, 0.5) is 15.8 Å². The summed E-state index contributed by atoms with van der Waals surface area (Å²) in [5.41, 5.74) is 4.05. The van der Waals surface area contributed by atoms with Crippen LogP contribution in [0.15, 0.2) is 41.8 Å². The molecule has 0 atom stereocenters. The zero-order chi connectivity index (χ0) is 19.7. The molecule has 1 aliphatic heterocycles. The third-order valence-electron chi connectivity index (χ3n) is 4.65. The highest BCUT2D eigenvalue weighted by Gasteiger charge is 2.20. The van der Waals surface area contributed by atoms with Crippen LogP contribution in [0.3, 0.4) is 0 Å². The molecule has 5 nitrogen and oxygen atoms in total. The minimum atomic E-state index is -0.442. The molecule has 1 aromatic heterocycles. The summed E-state index contributed by atoms with van der Waals surface area (Å²) in [5, 5.41) is 7.94. The molecule has 0 radical (unpaired) electrons. The number of aromatic nitrogens is 1. The normalized spacial score (nSPS) is 13.0. The number of nitrogens with one attached hydrogen (secondary N) is 2. The summed E-state index contributed by atoms with van der Waals surface area (Å²) in [6, 6.07) is 10.6. The first kappa shape index (κ1) is 18.3. The molecule has 28 heavy (non-hydrogen) atoms. The second-order valence-electron chi connectivity index (χ2n) is 6.70. The lowest BCUT2D eigenvalue weighted by molar-refractivity contribution is -0.116. The summed E-state index contributed by atoms with van der Waals surface area (Å²) in [5.74, 6) is -0.707. The van der Waals surface area contributed by atoms with E-state index in [0.717, 1.165) is 16.8 Å². The van der Waals surface area contributed by atoms with Gasteiger partial charge in [-0.1, -0.05) is 18.2 Å². The number of carbonyl (C=O) groups excluding carboxylic acids is 2. The van der Waals surface area contributed by atoms with E-state index in [1.54, 1.807) is 11.4 Å². The summed E-state index contributed by atoms with van der Waals surface area (Å²) >= 11 is 1.33. The molecule has 0 saturated heterocycles. The van der Waals surface area contributed by atoms with E-state index in [4.69, 9.17) is 0 Å². The first-order valence-corrected chi connectivity index (χ1v) is 9.80. The molecule has 4 rings (SSSR count). The smallest absolute Gasteiger partial charge is 0.231 e. The van der Waals surface area contributed by atoms with E-state index in [1.165, 1.54) is 17.4 Å². The van der Waals surface area contributed by atoms with Crippen LogP contribution in [0.1, 0.15) is 22.6 Å². The van der Waals surface area contributed by atoms with Crippen molar-refractivity contribution in [2.75, 3.05) is 10.6 Å². The fourth-order valence-corrected chi connectivity index (χ4v) is 3.95. The number of amides is 2. The van der Waals surface area contributed by atoms with Crippen LogP contribution in [-0.2, 0) is 22.4 Å². The van der Waals surface area contributed by atoms with Gasteiger partial charge in [-0.15, -0.1) is 11.3 Å². The third kappa shape index (κ3) is 3.80. The van der Waals surface area contributed by atoms with Gasteiger partial charge in [-0.05, 0) is 42.7 Å². The molecule has 0 saturated carbocycles. The van der Waals surface area contributed by atoms with Gasteiger partial charge in [-0.2, -0.15) is 0 Å². The molecule has 0 fully saturated rings. The zero-order valence-corrected chi connectivity index (χ0v) is 16.0. The average Bonchev–Trinajstić information content (AvgIpc) is 3.11. The van der Waals surface area contributed by atoms with E-state index >= 15 is 0 Å². The highest BCUT2D eigenvalue weighted by molar-refractivity contribution is 7.10. The van der Waals surface area contributed by atoms with Crippen molar-refractivity contribution in [2.24, 2.45) is 0 Å². The highest BCUT2D eigenvalue weighted by atomic mass is 32.1. The fraction of sp³-hybridized carbons (Fsp3) is 0.190. The van der Waals surface area contributed by atoms with E-state index in [-0.39, 0.29) is 18.2 Å². The third-order valence-corrected chi connectivity index (χ3v) is 5.50. The van der Waals surface area contributed by atoms with Crippen molar-refractivity contribution >= 4 is 34.5 Å². The van der Waals surface area contributed by atoms with Gasteiger partial charge < -0.3 is 10.6 Å². The van der Waals surface area contributed by atoms with Gasteiger partial charge >= 0.3 is 0 Å².